The molecule has 0 amide bonds. The molecule has 0 radical (unpaired) electrons. The highest BCUT2D eigenvalue weighted by Gasteiger charge is 2.39. The lowest BCUT2D eigenvalue weighted by Crippen LogP contribution is -2.48. The van der Waals surface area contributed by atoms with Crippen LogP contribution < -0.4 is 4.72 Å². The van der Waals surface area contributed by atoms with Gasteiger partial charge in [0.25, 0.3) is 0 Å². The molecule has 1 aliphatic carbocycles. The molecule has 3 nitrogen and oxygen atoms in total. The summed E-state index contributed by atoms with van der Waals surface area (Å²) in [6, 6.07) is 0.250. The summed E-state index contributed by atoms with van der Waals surface area (Å²) < 4.78 is 20.9. The Morgan fingerprint density at radius 2 is 2.06 bits per heavy atom. The van der Waals surface area contributed by atoms with Gasteiger partial charge in [-0.25, -0.2) is 8.93 Å². The van der Waals surface area contributed by atoms with Crippen molar-refractivity contribution in [3.63, 3.8) is 0 Å². The third kappa shape index (κ3) is 3.55. The van der Waals surface area contributed by atoms with Crippen molar-refractivity contribution < 1.29 is 8.95 Å². The van der Waals surface area contributed by atoms with Crippen LogP contribution in [0.4, 0.5) is 0 Å². The molecule has 0 saturated heterocycles. The van der Waals surface area contributed by atoms with Crippen LogP contribution in [0.2, 0.25) is 0 Å². The molecular formula is C13H23NO2S. The van der Waals surface area contributed by atoms with E-state index in [9.17, 15) is 4.21 Å². The number of hydrogen-bond donors (Lipinski definition) is 1. The third-order valence-corrected chi connectivity index (χ3v) is 4.90. The molecule has 1 heterocycles. The molecule has 0 aromatic heterocycles. The normalized spacial score (nSPS) is 28.5. The van der Waals surface area contributed by atoms with Crippen LogP contribution in [0.3, 0.4) is 0 Å². The minimum Gasteiger partial charge on any atom is -0.497 e. The Labute approximate surface area is 107 Å². The number of rotatable bonds is 4. The van der Waals surface area contributed by atoms with Gasteiger partial charge in [0, 0.05) is 0 Å². The maximum atomic E-state index is 12.2. The van der Waals surface area contributed by atoms with Crippen LogP contribution in [0.5, 0.6) is 0 Å². The van der Waals surface area contributed by atoms with Gasteiger partial charge >= 0.3 is 0 Å². The monoisotopic (exact) mass is 257 g/mol. The van der Waals surface area contributed by atoms with Gasteiger partial charge in [-0.2, -0.15) is 0 Å². The quantitative estimate of drug-likeness (QED) is 0.840. The molecule has 2 rings (SSSR count). The Kier molecular flexibility index (Phi) is 3.93. The number of nitrogens with one attached hydrogen (secondary N) is 1. The zero-order valence-corrected chi connectivity index (χ0v) is 11.8. The molecule has 1 saturated carbocycles. The topological polar surface area (TPSA) is 38.3 Å². The third-order valence-electron chi connectivity index (χ3n) is 3.30. The summed E-state index contributed by atoms with van der Waals surface area (Å²) in [4.78, 5) is 0. The summed E-state index contributed by atoms with van der Waals surface area (Å²) in [7, 11) is -1.00. The van der Waals surface area contributed by atoms with Crippen LogP contribution in [0.1, 0.15) is 46.5 Å². The summed E-state index contributed by atoms with van der Waals surface area (Å²) in [5.41, 5.74) is 0. The van der Waals surface area contributed by atoms with Crippen molar-refractivity contribution in [1.82, 2.24) is 4.72 Å². The first kappa shape index (κ1) is 13.1. The van der Waals surface area contributed by atoms with E-state index in [1.807, 2.05) is 20.8 Å². The highest BCUT2D eigenvalue weighted by molar-refractivity contribution is 7.84. The second kappa shape index (κ2) is 5.11. The van der Waals surface area contributed by atoms with Gasteiger partial charge in [0.1, 0.15) is 6.10 Å². The fraction of sp³-hybridized carbons (Fsp3) is 0.846. The summed E-state index contributed by atoms with van der Waals surface area (Å²) in [5, 5.41) is 0. The van der Waals surface area contributed by atoms with Gasteiger partial charge in [0.05, 0.1) is 28.0 Å². The second-order valence-corrected chi connectivity index (χ2v) is 7.98. The van der Waals surface area contributed by atoms with Crippen molar-refractivity contribution in [1.29, 1.82) is 0 Å². The van der Waals surface area contributed by atoms with Crippen molar-refractivity contribution in [2.45, 2.75) is 63.3 Å². The van der Waals surface area contributed by atoms with E-state index >= 15 is 0 Å². The Morgan fingerprint density at radius 3 is 2.53 bits per heavy atom. The Morgan fingerprint density at radius 1 is 1.35 bits per heavy atom. The van der Waals surface area contributed by atoms with E-state index in [0.717, 1.165) is 12.8 Å². The van der Waals surface area contributed by atoms with E-state index in [4.69, 9.17) is 4.74 Å². The summed E-state index contributed by atoms with van der Waals surface area (Å²) in [5.74, 6) is 0.651. The molecular weight excluding hydrogens is 234 g/mol. The SMILES string of the molecule is CC(C)(C)S(=O)N[C@H](C1CC1)C1CCC=CO1. The number of hydrogen-bond acceptors (Lipinski definition) is 2. The zero-order valence-electron chi connectivity index (χ0n) is 10.9. The highest BCUT2D eigenvalue weighted by atomic mass is 32.2. The molecule has 0 bridgehead atoms. The molecule has 3 atom stereocenters. The van der Waals surface area contributed by atoms with E-state index in [1.54, 1.807) is 6.26 Å². The minimum atomic E-state index is -1.00. The first-order valence-electron chi connectivity index (χ1n) is 6.47. The van der Waals surface area contributed by atoms with Gasteiger partial charge < -0.3 is 4.74 Å². The molecule has 1 N–H and O–H groups in total. The lowest BCUT2D eigenvalue weighted by molar-refractivity contribution is 0.0864. The smallest absolute Gasteiger partial charge is 0.115 e. The van der Waals surface area contributed by atoms with E-state index in [0.29, 0.717) is 5.92 Å². The van der Waals surface area contributed by atoms with Crippen LogP contribution in [0.15, 0.2) is 12.3 Å². The largest absolute Gasteiger partial charge is 0.497 e. The molecule has 98 valence electrons. The van der Waals surface area contributed by atoms with Crippen molar-refractivity contribution in [2.75, 3.05) is 0 Å². The fourth-order valence-electron chi connectivity index (χ4n) is 2.05. The van der Waals surface area contributed by atoms with Crippen LogP contribution in [0.25, 0.3) is 0 Å². The number of ether oxygens (including phenoxy) is 1. The Hall–Kier alpha value is -0.350. The van der Waals surface area contributed by atoms with Gasteiger partial charge in [-0.15, -0.1) is 0 Å². The van der Waals surface area contributed by atoms with E-state index < -0.39 is 11.0 Å². The van der Waals surface area contributed by atoms with Gasteiger partial charge in [-0.1, -0.05) is 0 Å². The van der Waals surface area contributed by atoms with Crippen LogP contribution in [-0.2, 0) is 15.7 Å². The summed E-state index contributed by atoms with van der Waals surface area (Å²) in [6.45, 7) is 6.01. The van der Waals surface area contributed by atoms with E-state index in [1.165, 1.54) is 12.8 Å². The van der Waals surface area contributed by atoms with Crippen molar-refractivity contribution in [2.24, 2.45) is 5.92 Å². The lowest BCUT2D eigenvalue weighted by atomic mass is 10.0. The molecule has 0 spiro atoms. The van der Waals surface area contributed by atoms with Gasteiger partial charge in [0.15, 0.2) is 0 Å². The van der Waals surface area contributed by atoms with E-state index in [-0.39, 0.29) is 16.9 Å². The standard InChI is InChI=1S/C13H23NO2S/c1-13(2,3)17(15)14-12(10-7-8-10)11-6-4-5-9-16-11/h5,9-12,14H,4,6-8H2,1-3H3/t11?,12-,17?/m1/s1. The molecule has 1 fully saturated rings. The predicted molar refractivity (Wildman–Crippen MR) is 70.8 cm³/mol. The maximum absolute atomic E-state index is 12.2. The highest BCUT2D eigenvalue weighted by Crippen LogP contribution is 2.37. The average molecular weight is 257 g/mol. The van der Waals surface area contributed by atoms with Crippen LogP contribution in [-0.4, -0.2) is 21.1 Å². The van der Waals surface area contributed by atoms with Gasteiger partial charge in [-0.3, -0.25) is 0 Å². The molecule has 4 heteroatoms. The van der Waals surface area contributed by atoms with Crippen molar-refractivity contribution >= 4 is 11.0 Å². The zero-order chi connectivity index (χ0) is 12.5. The van der Waals surface area contributed by atoms with Crippen LogP contribution in [0, 0.1) is 5.92 Å². The molecule has 17 heavy (non-hydrogen) atoms. The first-order valence-corrected chi connectivity index (χ1v) is 7.62. The lowest BCUT2D eigenvalue weighted by Gasteiger charge is -2.31. The Balaban J connectivity index is 1.98. The molecule has 1 aliphatic heterocycles. The van der Waals surface area contributed by atoms with Gasteiger partial charge in [0.2, 0.25) is 0 Å². The van der Waals surface area contributed by atoms with Crippen molar-refractivity contribution in [3.8, 4) is 0 Å². The molecule has 2 aliphatic rings. The van der Waals surface area contributed by atoms with Crippen molar-refractivity contribution in [3.05, 3.63) is 12.3 Å². The molecule has 0 aromatic carbocycles. The average Bonchev–Trinajstić information content (AvgIpc) is 3.09. The minimum absolute atomic E-state index is 0.193. The van der Waals surface area contributed by atoms with E-state index in [2.05, 4.69) is 10.8 Å². The van der Waals surface area contributed by atoms with Gasteiger partial charge in [-0.05, 0) is 58.4 Å². The summed E-state index contributed by atoms with van der Waals surface area (Å²) >= 11 is 0. The fourth-order valence-corrected chi connectivity index (χ4v) is 2.99. The Bertz CT molecular complexity index is 318. The predicted octanol–water partition coefficient (Wildman–Crippen LogP) is 2.51. The molecule has 0 aromatic rings. The first-order chi connectivity index (χ1) is 7.98. The maximum Gasteiger partial charge on any atom is 0.115 e. The second-order valence-electron chi connectivity index (χ2n) is 5.99. The summed E-state index contributed by atoms with van der Waals surface area (Å²) in [6.07, 6.45) is 8.63. The number of allylic oxidation sites excluding steroid dienone is 1. The molecule has 2 unspecified atom stereocenters. The van der Waals surface area contributed by atoms with Crippen LogP contribution >= 0.6 is 0 Å².